The van der Waals surface area contributed by atoms with Crippen molar-refractivity contribution in [3.05, 3.63) is 59.7 Å². The first kappa shape index (κ1) is 23.3. The lowest BCUT2D eigenvalue weighted by Gasteiger charge is -2.25. The smallest absolute Gasteiger partial charge is 0.407 e. The number of carboxylic acid groups (broad SMARTS) is 1. The Balaban J connectivity index is 1.68. The molecule has 3 atom stereocenters. The summed E-state index contributed by atoms with van der Waals surface area (Å²) in [7, 11) is 0. The molecule has 3 N–H and O–H groups in total. The van der Waals surface area contributed by atoms with Crippen molar-refractivity contribution < 1.29 is 24.2 Å². The van der Waals surface area contributed by atoms with E-state index in [9.17, 15) is 19.5 Å². The Morgan fingerprint density at radius 2 is 1.50 bits per heavy atom. The van der Waals surface area contributed by atoms with Gasteiger partial charge in [-0.25, -0.2) is 9.59 Å². The van der Waals surface area contributed by atoms with E-state index in [2.05, 4.69) is 22.8 Å². The molecule has 0 fully saturated rings. The Morgan fingerprint density at radius 1 is 0.938 bits per heavy atom. The predicted octanol–water partition coefficient (Wildman–Crippen LogP) is 3.92. The summed E-state index contributed by atoms with van der Waals surface area (Å²) in [6, 6.07) is 14.2. The molecule has 170 valence electrons. The van der Waals surface area contributed by atoms with Crippen LogP contribution in [-0.4, -0.2) is 41.8 Å². The van der Waals surface area contributed by atoms with Crippen molar-refractivity contribution >= 4 is 18.0 Å². The molecule has 0 radical (unpaired) electrons. The van der Waals surface area contributed by atoms with E-state index in [4.69, 9.17) is 4.74 Å². The van der Waals surface area contributed by atoms with E-state index in [1.807, 2.05) is 50.2 Å². The van der Waals surface area contributed by atoms with Crippen molar-refractivity contribution in [1.29, 1.82) is 0 Å². The zero-order valence-electron chi connectivity index (χ0n) is 18.6. The van der Waals surface area contributed by atoms with E-state index in [-0.39, 0.29) is 24.9 Å². The Kier molecular flexibility index (Phi) is 7.51. The zero-order valence-corrected chi connectivity index (χ0v) is 18.6. The summed E-state index contributed by atoms with van der Waals surface area (Å²) in [5.41, 5.74) is 4.47. The van der Waals surface area contributed by atoms with Gasteiger partial charge in [-0.05, 0) is 34.6 Å². The summed E-state index contributed by atoms with van der Waals surface area (Å²) in [5, 5.41) is 14.4. The van der Waals surface area contributed by atoms with Crippen LogP contribution in [0.4, 0.5) is 4.79 Å². The number of nitrogens with one attached hydrogen (secondary N) is 2. The number of amides is 2. The first-order valence-electron chi connectivity index (χ1n) is 11.0. The maximum absolute atomic E-state index is 12.7. The highest BCUT2D eigenvalue weighted by Gasteiger charge is 2.32. The van der Waals surface area contributed by atoms with Gasteiger partial charge in [0.25, 0.3) is 0 Å². The lowest BCUT2D eigenvalue weighted by atomic mass is 9.98. The molecule has 1 aliphatic carbocycles. The van der Waals surface area contributed by atoms with E-state index < -0.39 is 30.1 Å². The summed E-state index contributed by atoms with van der Waals surface area (Å²) >= 11 is 0. The molecule has 32 heavy (non-hydrogen) atoms. The van der Waals surface area contributed by atoms with E-state index in [1.54, 1.807) is 6.92 Å². The Bertz CT molecular complexity index is 944. The van der Waals surface area contributed by atoms with Crippen LogP contribution in [0.5, 0.6) is 0 Å². The minimum Gasteiger partial charge on any atom is -0.480 e. The number of alkyl carbamates (subject to hydrolysis) is 1. The number of carboxylic acids is 1. The van der Waals surface area contributed by atoms with Crippen molar-refractivity contribution in [3.8, 4) is 11.1 Å². The number of aliphatic carboxylic acids is 1. The zero-order chi connectivity index (χ0) is 23.3. The average molecular weight is 439 g/mol. The summed E-state index contributed by atoms with van der Waals surface area (Å²) in [6.45, 7) is 5.55. The molecule has 0 aliphatic heterocycles. The van der Waals surface area contributed by atoms with Crippen LogP contribution >= 0.6 is 0 Å². The molecule has 2 amide bonds. The molecule has 7 heteroatoms. The molecule has 0 spiro atoms. The summed E-state index contributed by atoms with van der Waals surface area (Å²) in [6.07, 6.45) is 0.181. The largest absolute Gasteiger partial charge is 0.480 e. The third kappa shape index (κ3) is 4.93. The molecule has 7 nitrogen and oxygen atoms in total. The van der Waals surface area contributed by atoms with Crippen LogP contribution in [-0.2, 0) is 14.3 Å². The number of carbonyl (C=O) groups excluding carboxylic acids is 2. The fraction of sp³-hybridized carbons (Fsp3) is 0.400. The van der Waals surface area contributed by atoms with Gasteiger partial charge in [-0.1, -0.05) is 75.7 Å². The second-order valence-corrected chi connectivity index (χ2v) is 8.14. The van der Waals surface area contributed by atoms with Crippen LogP contribution in [0.25, 0.3) is 11.1 Å². The van der Waals surface area contributed by atoms with Gasteiger partial charge >= 0.3 is 12.1 Å². The molecule has 0 saturated heterocycles. The average Bonchev–Trinajstić information content (AvgIpc) is 3.12. The minimum absolute atomic E-state index is 0.0829. The maximum atomic E-state index is 12.7. The topological polar surface area (TPSA) is 105 Å². The van der Waals surface area contributed by atoms with Gasteiger partial charge in [0, 0.05) is 5.92 Å². The number of hydrogen-bond donors (Lipinski definition) is 3. The first-order chi connectivity index (χ1) is 15.4. The number of ether oxygens (including phenoxy) is 1. The Labute approximate surface area is 188 Å². The standard InChI is InChI=1S/C25H30N2O5/c1-4-15(3)22(23(28)26-21(5-2)24(29)30)27-25(31)32-14-20-18-12-8-6-10-16(18)17-11-7-9-13-19(17)20/h6-13,15,20-22H,4-5,14H2,1-3H3,(H,26,28)(H,27,31)(H,29,30)/t15-,21+,22-/m0/s1. The second-order valence-electron chi connectivity index (χ2n) is 8.14. The monoisotopic (exact) mass is 438 g/mol. The summed E-state index contributed by atoms with van der Waals surface area (Å²) in [5.74, 6) is -1.91. The number of benzene rings is 2. The van der Waals surface area contributed by atoms with Crippen LogP contribution in [0, 0.1) is 5.92 Å². The summed E-state index contributed by atoms with van der Waals surface area (Å²) in [4.78, 5) is 36.6. The molecule has 0 aromatic heterocycles. The molecule has 0 heterocycles. The van der Waals surface area contributed by atoms with Crippen molar-refractivity contribution in [1.82, 2.24) is 10.6 Å². The van der Waals surface area contributed by atoms with Gasteiger partial charge in [-0.3, -0.25) is 4.79 Å². The highest BCUT2D eigenvalue weighted by atomic mass is 16.5. The van der Waals surface area contributed by atoms with E-state index in [0.717, 1.165) is 22.3 Å². The van der Waals surface area contributed by atoms with Crippen molar-refractivity contribution in [2.75, 3.05) is 6.61 Å². The third-order valence-electron chi connectivity index (χ3n) is 6.14. The fourth-order valence-electron chi connectivity index (χ4n) is 4.07. The third-order valence-corrected chi connectivity index (χ3v) is 6.14. The van der Waals surface area contributed by atoms with Crippen molar-refractivity contribution in [3.63, 3.8) is 0 Å². The fourth-order valence-corrected chi connectivity index (χ4v) is 4.07. The van der Waals surface area contributed by atoms with Gasteiger partial charge in [0.05, 0.1) is 0 Å². The normalized spacial score (nSPS) is 15.1. The maximum Gasteiger partial charge on any atom is 0.407 e. The molecule has 2 aromatic carbocycles. The second kappa shape index (κ2) is 10.3. The molecule has 0 unspecified atom stereocenters. The number of fused-ring (bicyclic) bond motifs is 3. The van der Waals surface area contributed by atoms with Gasteiger partial charge in [0.2, 0.25) is 5.91 Å². The van der Waals surface area contributed by atoms with Crippen LogP contribution in [0.2, 0.25) is 0 Å². The van der Waals surface area contributed by atoms with Crippen LogP contribution in [0.1, 0.15) is 50.7 Å². The molecular weight excluding hydrogens is 408 g/mol. The SMILES string of the molecule is CC[C@@H](NC(=O)[C@@H](NC(=O)OCC1c2ccccc2-c2ccccc21)[C@@H](C)CC)C(=O)O. The minimum atomic E-state index is -1.11. The molecule has 3 rings (SSSR count). The lowest BCUT2D eigenvalue weighted by molar-refractivity contribution is -0.142. The van der Waals surface area contributed by atoms with E-state index in [0.29, 0.717) is 6.42 Å². The highest BCUT2D eigenvalue weighted by molar-refractivity contribution is 5.89. The van der Waals surface area contributed by atoms with E-state index >= 15 is 0 Å². The molecule has 0 bridgehead atoms. The van der Waals surface area contributed by atoms with Crippen molar-refractivity contribution in [2.45, 2.75) is 51.6 Å². The summed E-state index contributed by atoms with van der Waals surface area (Å²) < 4.78 is 5.55. The highest BCUT2D eigenvalue weighted by Crippen LogP contribution is 2.44. The number of hydrogen-bond acceptors (Lipinski definition) is 4. The van der Waals surface area contributed by atoms with Gasteiger partial charge in [-0.15, -0.1) is 0 Å². The molecular formula is C25H30N2O5. The molecule has 0 saturated carbocycles. The van der Waals surface area contributed by atoms with E-state index in [1.165, 1.54) is 0 Å². The quantitative estimate of drug-likeness (QED) is 0.550. The molecule has 2 aromatic rings. The number of carbonyl (C=O) groups is 3. The molecule has 1 aliphatic rings. The Hall–Kier alpha value is -3.35. The van der Waals surface area contributed by atoms with Gasteiger partial charge in [0.1, 0.15) is 18.7 Å². The van der Waals surface area contributed by atoms with Gasteiger partial charge in [-0.2, -0.15) is 0 Å². The van der Waals surface area contributed by atoms with Crippen LogP contribution < -0.4 is 10.6 Å². The van der Waals surface area contributed by atoms with Gasteiger partial charge < -0.3 is 20.5 Å². The first-order valence-corrected chi connectivity index (χ1v) is 11.0. The lowest BCUT2D eigenvalue weighted by Crippen LogP contribution is -2.54. The number of rotatable bonds is 9. The van der Waals surface area contributed by atoms with Crippen LogP contribution in [0.3, 0.4) is 0 Å². The van der Waals surface area contributed by atoms with Gasteiger partial charge in [0.15, 0.2) is 0 Å². The van der Waals surface area contributed by atoms with Crippen molar-refractivity contribution in [2.24, 2.45) is 5.92 Å². The predicted molar refractivity (Wildman–Crippen MR) is 121 cm³/mol. The Morgan fingerprint density at radius 3 is 2.00 bits per heavy atom. The van der Waals surface area contributed by atoms with Crippen LogP contribution in [0.15, 0.2) is 48.5 Å².